The number of aryl methyl sites for hydroxylation is 1. The minimum atomic E-state index is -5.08. The molecule has 0 aliphatic rings. The molecule has 0 atom stereocenters. The highest BCUT2D eigenvalue weighted by atomic mass is 19.4. The normalized spacial score (nSPS) is 10.4. The number of benzene rings is 3. The summed E-state index contributed by atoms with van der Waals surface area (Å²) in [7, 11) is 3.00. The van der Waals surface area contributed by atoms with E-state index in [1.54, 1.807) is 54.6 Å². The molecular formula is C27H25F3N2O9. The Labute approximate surface area is 231 Å². The molecule has 0 aromatic heterocycles. The zero-order chi connectivity index (χ0) is 30.7. The van der Waals surface area contributed by atoms with Crippen LogP contribution in [0.2, 0.25) is 0 Å². The summed E-state index contributed by atoms with van der Waals surface area (Å²) in [6, 6.07) is 16.2. The Balaban J connectivity index is 0.000000745. The summed E-state index contributed by atoms with van der Waals surface area (Å²) in [5.41, 5.74) is 2.46. The van der Waals surface area contributed by atoms with Gasteiger partial charge >= 0.3 is 18.1 Å². The number of carbonyl (C=O) groups is 4. The van der Waals surface area contributed by atoms with E-state index in [0.717, 1.165) is 5.56 Å². The molecular weight excluding hydrogens is 553 g/mol. The highest BCUT2D eigenvalue weighted by Gasteiger charge is 2.38. The summed E-state index contributed by atoms with van der Waals surface area (Å²) < 4.78 is 47.3. The predicted molar refractivity (Wildman–Crippen MR) is 140 cm³/mol. The molecule has 3 aromatic carbocycles. The maximum Gasteiger partial charge on any atom is 0.490 e. The highest BCUT2D eigenvalue weighted by Crippen LogP contribution is 2.28. The number of carboxylic acids is 2. The maximum atomic E-state index is 12.8. The quantitative estimate of drug-likeness (QED) is 0.284. The Morgan fingerprint density at radius 1 is 0.805 bits per heavy atom. The van der Waals surface area contributed by atoms with Gasteiger partial charge in [0.1, 0.15) is 5.75 Å². The molecule has 0 heterocycles. The summed E-state index contributed by atoms with van der Waals surface area (Å²) in [5, 5.41) is 21.5. The van der Waals surface area contributed by atoms with Crippen LogP contribution in [-0.4, -0.2) is 61.0 Å². The molecule has 4 N–H and O–H groups in total. The highest BCUT2D eigenvalue weighted by molar-refractivity contribution is 6.07. The van der Waals surface area contributed by atoms with Gasteiger partial charge in [-0.15, -0.1) is 0 Å². The largest absolute Gasteiger partial charge is 0.493 e. The van der Waals surface area contributed by atoms with E-state index in [4.69, 9.17) is 29.2 Å². The summed E-state index contributed by atoms with van der Waals surface area (Å²) in [4.78, 5) is 45.0. The van der Waals surface area contributed by atoms with Crippen molar-refractivity contribution in [1.29, 1.82) is 0 Å². The molecule has 218 valence electrons. The Morgan fingerprint density at radius 2 is 1.41 bits per heavy atom. The average molecular weight is 578 g/mol. The van der Waals surface area contributed by atoms with Gasteiger partial charge in [0, 0.05) is 22.5 Å². The second-order valence-electron chi connectivity index (χ2n) is 8.02. The predicted octanol–water partition coefficient (Wildman–Crippen LogP) is 4.61. The van der Waals surface area contributed by atoms with Gasteiger partial charge in [-0.1, -0.05) is 12.1 Å². The van der Waals surface area contributed by atoms with Crippen LogP contribution in [0.15, 0.2) is 60.7 Å². The zero-order valence-corrected chi connectivity index (χ0v) is 21.9. The molecule has 3 aromatic rings. The van der Waals surface area contributed by atoms with Gasteiger partial charge in [0.15, 0.2) is 18.1 Å². The van der Waals surface area contributed by atoms with Crippen LogP contribution >= 0.6 is 0 Å². The summed E-state index contributed by atoms with van der Waals surface area (Å²) >= 11 is 0. The third kappa shape index (κ3) is 9.76. The van der Waals surface area contributed by atoms with Crippen LogP contribution in [0.1, 0.15) is 26.3 Å². The maximum absolute atomic E-state index is 12.8. The van der Waals surface area contributed by atoms with Crippen LogP contribution < -0.4 is 24.8 Å². The SMILES string of the molecule is COc1ccc(C(=O)Nc2cc(NC(=O)c3cccc(OCC(=O)O)c3)ccc2C)cc1OC.O=C(O)C(F)(F)F. The van der Waals surface area contributed by atoms with E-state index in [1.807, 2.05) is 6.92 Å². The molecule has 3 rings (SSSR count). The number of amides is 2. The first kappa shape index (κ1) is 31.9. The Hall–Kier alpha value is -5.27. The Morgan fingerprint density at radius 3 is 2.00 bits per heavy atom. The van der Waals surface area contributed by atoms with Crippen LogP contribution in [0, 0.1) is 6.92 Å². The third-order valence-corrected chi connectivity index (χ3v) is 5.09. The van der Waals surface area contributed by atoms with E-state index < -0.39 is 30.6 Å². The second kappa shape index (κ2) is 14.2. The average Bonchev–Trinajstić information content (AvgIpc) is 2.93. The number of carbonyl (C=O) groups excluding carboxylic acids is 2. The number of aliphatic carboxylic acids is 2. The molecule has 0 spiro atoms. The topological polar surface area (TPSA) is 160 Å². The van der Waals surface area contributed by atoms with Crippen LogP contribution in [-0.2, 0) is 9.59 Å². The van der Waals surface area contributed by atoms with Crippen molar-refractivity contribution in [2.45, 2.75) is 13.1 Å². The van der Waals surface area contributed by atoms with Gasteiger partial charge in [0.25, 0.3) is 11.8 Å². The number of hydrogen-bond acceptors (Lipinski definition) is 7. The first-order valence-corrected chi connectivity index (χ1v) is 11.4. The third-order valence-electron chi connectivity index (χ3n) is 5.09. The minimum Gasteiger partial charge on any atom is -0.493 e. The van der Waals surface area contributed by atoms with Crippen molar-refractivity contribution >= 4 is 35.1 Å². The summed E-state index contributed by atoms with van der Waals surface area (Å²) in [6.45, 7) is 1.32. The van der Waals surface area contributed by atoms with Crippen molar-refractivity contribution in [3.8, 4) is 17.2 Å². The van der Waals surface area contributed by atoms with E-state index in [2.05, 4.69) is 10.6 Å². The first-order valence-electron chi connectivity index (χ1n) is 11.4. The van der Waals surface area contributed by atoms with Gasteiger partial charge in [-0.3, -0.25) is 9.59 Å². The molecule has 0 bridgehead atoms. The van der Waals surface area contributed by atoms with E-state index in [0.29, 0.717) is 34.0 Å². The fourth-order valence-electron chi connectivity index (χ4n) is 3.08. The van der Waals surface area contributed by atoms with Crippen molar-refractivity contribution in [3.63, 3.8) is 0 Å². The minimum absolute atomic E-state index is 0.266. The monoisotopic (exact) mass is 578 g/mol. The lowest BCUT2D eigenvalue weighted by atomic mass is 10.1. The zero-order valence-electron chi connectivity index (χ0n) is 21.9. The van der Waals surface area contributed by atoms with Crippen LogP contribution in [0.4, 0.5) is 24.5 Å². The van der Waals surface area contributed by atoms with Crippen molar-refractivity contribution in [3.05, 3.63) is 77.4 Å². The van der Waals surface area contributed by atoms with E-state index in [1.165, 1.54) is 20.3 Å². The molecule has 0 unspecified atom stereocenters. The van der Waals surface area contributed by atoms with Crippen molar-refractivity contribution in [1.82, 2.24) is 0 Å². The fraction of sp³-hybridized carbons (Fsp3) is 0.185. The van der Waals surface area contributed by atoms with Crippen molar-refractivity contribution < 1.29 is 56.8 Å². The number of nitrogens with one attached hydrogen (secondary N) is 2. The van der Waals surface area contributed by atoms with Crippen molar-refractivity contribution in [2.75, 3.05) is 31.5 Å². The van der Waals surface area contributed by atoms with E-state index >= 15 is 0 Å². The lowest BCUT2D eigenvalue weighted by Crippen LogP contribution is -2.21. The van der Waals surface area contributed by atoms with Crippen molar-refractivity contribution in [2.24, 2.45) is 0 Å². The van der Waals surface area contributed by atoms with Crippen LogP contribution in [0.3, 0.4) is 0 Å². The number of anilines is 2. The van der Waals surface area contributed by atoms with Gasteiger partial charge in [-0.05, 0) is 61.0 Å². The lowest BCUT2D eigenvalue weighted by molar-refractivity contribution is -0.192. The molecule has 41 heavy (non-hydrogen) atoms. The van der Waals surface area contributed by atoms with E-state index in [-0.39, 0.29) is 11.7 Å². The molecule has 0 fully saturated rings. The van der Waals surface area contributed by atoms with Gasteiger partial charge < -0.3 is 35.1 Å². The second-order valence-corrected chi connectivity index (χ2v) is 8.02. The number of carboxylic acid groups (broad SMARTS) is 2. The number of halogens is 3. The van der Waals surface area contributed by atoms with Crippen LogP contribution in [0.25, 0.3) is 0 Å². The molecule has 0 aliphatic carbocycles. The number of hydrogen-bond donors (Lipinski definition) is 4. The molecule has 14 heteroatoms. The molecule has 2 amide bonds. The Bertz CT molecular complexity index is 1430. The molecule has 0 aliphatic heterocycles. The number of rotatable bonds is 9. The van der Waals surface area contributed by atoms with E-state index in [9.17, 15) is 27.6 Å². The fourth-order valence-corrected chi connectivity index (χ4v) is 3.08. The molecule has 0 saturated heterocycles. The van der Waals surface area contributed by atoms with Gasteiger partial charge in [-0.25, -0.2) is 9.59 Å². The van der Waals surface area contributed by atoms with Gasteiger partial charge in [-0.2, -0.15) is 13.2 Å². The number of ether oxygens (including phenoxy) is 3. The summed E-state index contributed by atoms with van der Waals surface area (Å²) in [5.74, 6) is -3.43. The smallest absolute Gasteiger partial charge is 0.490 e. The summed E-state index contributed by atoms with van der Waals surface area (Å²) in [6.07, 6.45) is -5.08. The molecule has 0 saturated carbocycles. The lowest BCUT2D eigenvalue weighted by Gasteiger charge is -2.13. The molecule has 11 nitrogen and oxygen atoms in total. The van der Waals surface area contributed by atoms with Gasteiger partial charge in [0.2, 0.25) is 0 Å². The number of methoxy groups -OCH3 is 2. The standard InChI is InChI=1S/C25H24N2O7.C2HF3O2/c1-15-7-9-18(26-24(30)16-5-4-6-19(11-16)34-14-23(28)29)13-20(15)27-25(31)17-8-10-21(32-2)22(12-17)33-3;3-2(4,5)1(6)7/h4-13H,14H2,1-3H3,(H,26,30)(H,27,31)(H,28,29);(H,6,7). The number of alkyl halides is 3. The van der Waals surface area contributed by atoms with Gasteiger partial charge in [0.05, 0.1) is 14.2 Å². The first-order chi connectivity index (χ1) is 19.2. The molecule has 0 radical (unpaired) electrons. The Kier molecular flexibility index (Phi) is 11.1. The van der Waals surface area contributed by atoms with Crippen LogP contribution in [0.5, 0.6) is 17.2 Å².